The fourth-order valence-electron chi connectivity index (χ4n) is 2.96. The van der Waals surface area contributed by atoms with Crippen LogP contribution in [0.2, 0.25) is 0 Å². The normalized spacial score (nSPS) is 38.5. The third-order valence-electron chi connectivity index (χ3n) is 4.09. The van der Waals surface area contributed by atoms with Crippen molar-refractivity contribution in [1.82, 2.24) is 4.90 Å². The lowest BCUT2D eigenvalue weighted by atomic mass is 9.73. The van der Waals surface area contributed by atoms with Crippen molar-refractivity contribution in [2.75, 3.05) is 32.9 Å². The lowest BCUT2D eigenvalue weighted by Crippen LogP contribution is -2.51. The van der Waals surface area contributed by atoms with Crippen LogP contribution in [0.4, 0.5) is 0 Å². The SMILES string of the molecule is NC(=N[C@@H]1C[C@H]2OCCC[C@H]12)N1CCOCC1. The molecule has 0 aromatic carbocycles. The first-order valence-electron chi connectivity index (χ1n) is 6.62. The molecule has 1 aliphatic carbocycles. The van der Waals surface area contributed by atoms with E-state index in [0.29, 0.717) is 24.0 Å². The minimum atomic E-state index is 0.392. The molecule has 0 aromatic rings. The fourth-order valence-corrected chi connectivity index (χ4v) is 2.96. The van der Waals surface area contributed by atoms with E-state index in [-0.39, 0.29) is 0 Å². The van der Waals surface area contributed by atoms with Crippen molar-refractivity contribution in [1.29, 1.82) is 0 Å². The van der Waals surface area contributed by atoms with E-state index in [4.69, 9.17) is 15.2 Å². The van der Waals surface area contributed by atoms with Crippen molar-refractivity contribution < 1.29 is 9.47 Å². The molecule has 17 heavy (non-hydrogen) atoms. The van der Waals surface area contributed by atoms with Crippen LogP contribution in [0.3, 0.4) is 0 Å². The highest BCUT2D eigenvalue weighted by molar-refractivity contribution is 5.78. The van der Waals surface area contributed by atoms with E-state index < -0.39 is 0 Å². The number of nitrogens with zero attached hydrogens (tertiary/aromatic N) is 2. The number of aliphatic imine (C=N–C) groups is 1. The number of rotatable bonds is 1. The molecule has 0 unspecified atom stereocenters. The monoisotopic (exact) mass is 239 g/mol. The molecule has 3 rings (SSSR count). The molecule has 0 spiro atoms. The average molecular weight is 239 g/mol. The first kappa shape index (κ1) is 11.3. The number of ether oxygens (including phenoxy) is 2. The minimum Gasteiger partial charge on any atom is -0.378 e. The van der Waals surface area contributed by atoms with E-state index in [0.717, 1.165) is 39.3 Å². The zero-order chi connectivity index (χ0) is 11.7. The summed E-state index contributed by atoms with van der Waals surface area (Å²) in [5, 5.41) is 0. The smallest absolute Gasteiger partial charge is 0.191 e. The molecule has 3 aliphatic rings. The van der Waals surface area contributed by atoms with E-state index in [1.807, 2.05) is 0 Å². The molecule has 0 bridgehead atoms. The number of nitrogens with two attached hydrogens (primary N) is 1. The fraction of sp³-hybridized carbons (Fsp3) is 0.917. The summed E-state index contributed by atoms with van der Waals surface area (Å²) in [5.41, 5.74) is 6.06. The Morgan fingerprint density at radius 2 is 2.06 bits per heavy atom. The summed E-state index contributed by atoms with van der Waals surface area (Å²) in [6.07, 6.45) is 3.92. The minimum absolute atomic E-state index is 0.392. The predicted molar refractivity (Wildman–Crippen MR) is 64.9 cm³/mol. The number of guanidine groups is 1. The molecule has 3 fully saturated rings. The molecular formula is C12H21N3O2. The van der Waals surface area contributed by atoms with Gasteiger partial charge < -0.3 is 20.1 Å². The van der Waals surface area contributed by atoms with Gasteiger partial charge in [-0.2, -0.15) is 0 Å². The van der Waals surface area contributed by atoms with Crippen LogP contribution in [0.15, 0.2) is 4.99 Å². The zero-order valence-corrected chi connectivity index (χ0v) is 10.2. The van der Waals surface area contributed by atoms with E-state index in [2.05, 4.69) is 9.89 Å². The molecular weight excluding hydrogens is 218 g/mol. The van der Waals surface area contributed by atoms with Crippen molar-refractivity contribution in [2.24, 2.45) is 16.6 Å². The Hall–Kier alpha value is -0.810. The largest absolute Gasteiger partial charge is 0.378 e. The first-order valence-corrected chi connectivity index (χ1v) is 6.62. The van der Waals surface area contributed by atoms with Crippen molar-refractivity contribution in [2.45, 2.75) is 31.4 Å². The quantitative estimate of drug-likeness (QED) is 0.524. The Balaban J connectivity index is 1.57. The highest BCUT2D eigenvalue weighted by Gasteiger charge is 2.43. The van der Waals surface area contributed by atoms with Gasteiger partial charge in [-0.15, -0.1) is 0 Å². The maximum atomic E-state index is 6.06. The molecule has 2 heterocycles. The second-order valence-corrected chi connectivity index (χ2v) is 5.11. The summed E-state index contributed by atoms with van der Waals surface area (Å²) in [7, 11) is 0. The van der Waals surface area contributed by atoms with Gasteiger partial charge >= 0.3 is 0 Å². The van der Waals surface area contributed by atoms with Crippen LogP contribution in [0.5, 0.6) is 0 Å². The van der Waals surface area contributed by atoms with Crippen LogP contribution in [-0.4, -0.2) is 55.9 Å². The maximum Gasteiger partial charge on any atom is 0.191 e. The maximum absolute atomic E-state index is 6.06. The van der Waals surface area contributed by atoms with Crippen molar-refractivity contribution in [3.63, 3.8) is 0 Å². The van der Waals surface area contributed by atoms with E-state index in [1.54, 1.807) is 0 Å². The molecule has 3 atom stereocenters. The third kappa shape index (κ3) is 2.26. The number of fused-ring (bicyclic) bond motifs is 1. The zero-order valence-electron chi connectivity index (χ0n) is 10.2. The van der Waals surface area contributed by atoms with Gasteiger partial charge in [-0.1, -0.05) is 0 Å². The Morgan fingerprint density at radius 1 is 1.24 bits per heavy atom. The van der Waals surface area contributed by atoms with Crippen molar-refractivity contribution >= 4 is 5.96 Å². The van der Waals surface area contributed by atoms with Gasteiger partial charge in [0.15, 0.2) is 5.96 Å². The average Bonchev–Trinajstić information content (AvgIpc) is 2.37. The second kappa shape index (κ2) is 4.82. The number of morpholine rings is 1. The summed E-state index contributed by atoms with van der Waals surface area (Å²) in [6.45, 7) is 4.18. The third-order valence-corrected chi connectivity index (χ3v) is 4.09. The van der Waals surface area contributed by atoms with Gasteiger partial charge in [-0.25, -0.2) is 4.99 Å². The van der Waals surface area contributed by atoms with Crippen LogP contribution in [0.1, 0.15) is 19.3 Å². The topological polar surface area (TPSA) is 60.1 Å². The van der Waals surface area contributed by atoms with Gasteiger partial charge in [0, 0.05) is 25.6 Å². The Kier molecular flexibility index (Phi) is 3.20. The highest BCUT2D eigenvalue weighted by atomic mass is 16.5. The van der Waals surface area contributed by atoms with Crippen molar-refractivity contribution in [3.8, 4) is 0 Å². The molecule has 5 heteroatoms. The molecule has 5 nitrogen and oxygen atoms in total. The van der Waals surface area contributed by atoms with E-state index in [1.165, 1.54) is 12.8 Å². The van der Waals surface area contributed by atoms with Crippen LogP contribution in [-0.2, 0) is 9.47 Å². The van der Waals surface area contributed by atoms with Gasteiger partial charge in [-0.3, -0.25) is 0 Å². The van der Waals surface area contributed by atoms with Crippen LogP contribution < -0.4 is 5.73 Å². The summed E-state index contributed by atoms with van der Waals surface area (Å²) in [5.74, 6) is 1.31. The lowest BCUT2D eigenvalue weighted by molar-refractivity contribution is -0.0940. The van der Waals surface area contributed by atoms with Crippen LogP contribution in [0, 0.1) is 5.92 Å². The van der Waals surface area contributed by atoms with Gasteiger partial charge in [-0.05, 0) is 19.3 Å². The van der Waals surface area contributed by atoms with Gasteiger partial charge in [0.05, 0.1) is 25.4 Å². The number of hydrogen-bond donors (Lipinski definition) is 1. The summed E-state index contributed by atoms with van der Waals surface area (Å²) >= 11 is 0. The molecule has 2 aliphatic heterocycles. The molecule has 0 amide bonds. The Labute approximate surface area is 102 Å². The molecule has 0 aromatic heterocycles. The highest BCUT2D eigenvalue weighted by Crippen LogP contribution is 2.39. The Morgan fingerprint density at radius 3 is 2.82 bits per heavy atom. The van der Waals surface area contributed by atoms with Gasteiger partial charge in [0.25, 0.3) is 0 Å². The van der Waals surface area contributed by atoms with Crippen molar-refractivity contribution in [3.05, 3.63) is 0 Å². The molecule has 2 saturated heterocycles. The van der Waals surface area contributed by atoms with Crippen LogP contribution in [0.25, 0.3) is 0 Å². The van der Waals surface area contributed by atoms with E-state index >= 15 is 0 Å². The van der Waals surface area contributed by atoms with Crippen LogP contribution >= 0.6 is 0 Å². The summed E-state index contributed by atoms with van der Waals surface area (Å²) in [6, 6.07) is 0.392. The van der Waals surface area contributed by atoms with Gasteiger partial charge in [0.2, 0.25) is 0 Å². The summed E-state index contributed by atoms with van der Waals surface area (Å²) < 4.78 is 11.0. The number of hydrogen-bond acceptors (Lipinski definition) is 3. The molecule has 96 valence electrons. The predicted octanol–water partition coefficient (Wildman–Crippen LogP) is 0.201. The molecule has 0 radical (unpaired) electrons. The lowest BCUT2D eigenvalue weighted by Gasteiger charge is -2.45. The van der Waals surface area contributed by atoms with Gasteiger partial charge in [0.1, 0.15) is 0 Å². The standard InChI is InChI=1S/C12H21N3O2/c13-12(15-3-6-16-7-4-15)14-10-8-11-9(10)2-1-5-17-11/h9-11H,1-8H2,(H2,13,14)/t9-,10-,11-/m1/s1. The summed E-state index contributed by atoms with van der Waals surface area (Å²) in [4.78, 5) is 6.80. The van der Waals surface area contributed by atoms with E-state index in [9.17, 15) is 0 Å². The molecule has 2 N–H and O–H groups in total. The Bertz CT molecular complexity index is 302. The first-order chi connectivity index (χ1) is 8.34. The molecule has 1 saturated carbocycles. The second-order valence-electron chi connectivity index (χ2n) is 5.11.